The van der Waals surface area contributed by atoms with Crippen molar-refractivity contribution >= 4 is 11.8 Å². The quantitative estimate of drug-likeness (QED) is 0.435. The van der Waals surface area contributed by atoms with Crippen LogP contribution in [0.5, 0.6) is 5.75 Å². The van der Waals surface area contributed by atoms with Crippen LogP contribution in [0.15, 0.2) is 78.9 Å². The van der Waals surface area contributed by atoms with Crippen molar-refractivity contribution in [2.24, 2.45) is 5.73 Å². The molecule has 0 amide bonds. The maximum Gasteiger partial charge on any atom is 0.118 e. The largest absolute Gasteiger partial charge is 0.497 e. The third-order valence-electron chi connectivity index (χ3n) is 6.26. The van der Waals surface area contributed by atoms with Crippen LogP contribution in [0, 0.1) is 0 Å². The molecular formula is C27H31NOS. The number of thioether (sulfide) groups is 1. The number of methoxy groups -OCH3 is 1. The summed E-state index contributed by atoms with van der Waals surface area (Å²) < 4.78 is 5.12. The van der Waals surface area contributed by atoms with Gasteiger partial charge in [-0.05, 0) is 53.1 Å². The van der Waals surface area contributed by atoms with Crippen LogP contribution < -0.4 is 10.5 Å². The van der Waals surface area contributed by atoms with Gasteiger partial charge in [-0.2, -0.15) is 0 Å². The summed E-state index contributed by atoms with van der Waals surface area (Å²) in [5.41, 5.74) is 11.3. The van der Waals surface area contributed by atoms with Crippen LogP contribution in [-0.4, -0.2) is 19.4 Å². The standard InChI is InChI=1S/C27H31NOS/c1-29-26-17-15-25(16-18-26)27(30-20-19-28,23-9-3-2-4-10-23)24-13-11-22(12-14-24)21-7-5-6-8-21/h2-4,9-18,21H,5-8,19-20,28H2,1H3. The van der Waals surface area contributed by atoms with Crippen molar-refractivity contribution in [2.45, 2.75) is 36.3 Å². The van der Waals surface area contributed by atoms with Crippen LogP contribution in [0.2, 0.25) is 0 Å². The second-order valence-electron chi connectivity index (χ2n) is 8.02. The normalized spacial score (nSPS) is 16.3. The number of rotatable bonds is 8. The fourth-order valence-corrected chi connectivity index (χ4v) is 6.04. The van der Waals surface area contributed by atoms with Gasteiger partial charge in [0.25, 0.3) is 0 Å². The maximum absolute atomic E-state index is 5.98. The highest BCUT2D eigenvalue weighted by molar-refractivity contribution is 8.00. The third-order valence-corrected chi connectivity index (χ3v) is 7.84. The summed E-state index contributed by atoms with van der Waals surface area (Å²) in [6.45, 7) is 0.648. The number of benzene rings is 3. The molecule has 1 aliphatic carbocycles. The number of ether oxygens (including phenoxy) is 1. The van der Waals surface area contributed by atoms with Gasteiger partial charge in [0.15, 0.2) is 0 Å². The molecule has 4 rings (SSSR count). The molecule has 2 nitrogen and oxygen atoms in total. The molecule has 156 valence electrons. The van der Waals surface area contributed by atoms with E-state index in [9.17, 15) is 0 Å². The van der Waals surface area contributed by atoms with Gasteiger partial charge < -0.3 is 10.5 Å². The summed E-state index contributed by atoms with van der Waals surface area (Å²) in [7, 11) is 1.71. The maximum atomic E-state index is 5.98. The minimum Gasteiger partial charge on any atom is -0.497 e. The van der Waals surface area contributed by atoms with Crippen molar-refractivity contribution in [3.05, 3.63) is 101 Å². The first-order valence-electron chi connectivity index (χ1n) is 10.9. The highest BCUT2D eigenvalue weighted by Gasteiger charge is 2.37. The Labute approximate surface area is 184 Å². The minimum atomic E-state index is -0.304. The molecule has 3 aromatic carbocycles. The van der Waals surface area contributed by atoms with Crippen molar-refractivity contribution in [1.82, 2.24) is 0 Å². The lowest BCUT2D eigenvalue weighted by atomic mass is 9.83. The molecule has 1 fully saturated rings. The second kappa shape index (κ2) is 9.72. The van der Waals surface area contributed by atoms with Gasteiger partial charge in [-0.3, -0.25) is 0 Å². The molecule has 30 heavy (non-hydrogen) atoms. The smallest absolute Gasteiger partial charge is 0.118 e. The molecule has 1 unspecified atom stereocenters. The molecule has 0 spiro atoms. The molecule has 1 saturated carbocycles. The Bertz CT molecular complexity index is 917. The first kappa shape index (κ1) is 21.0. The molecule has 3 heteroatoms. The van der Waals surface area contributed by atoms with Crippen molar-refractivity contribution in [3.63, 3.8) is 0 Å². The van der Waals surface area contributed by atoms with E-state index in [2.05, 4.69) is 78.9 Å². The predicted octanol–water partition coefficient (Wildman–Crippen LogP) is 6.34. The summed E-state index contributed by atoms with van der Waals surface area (Å²) in [5, 5.41) is 0. The molecule has 3 aromatic rings. The summed E-state index contributed by atoms with van der Waals surface area (Å²) >= 11 is 1.91. The predicted molar refractivity (Wildman–Crippen MR) is 128 cm³/mol. The van der Waals surface area contributed by atoms with Gasteiger partial charge in [-0.1, -0.05) is 79.6 Å². The topological polar surface area (TPSA) is 35.2 Å². The molecule has 1 aliphatic rings. The number of hydrogen-bond acceptors (Lipinski definition) is 3. The molecule has 0 aromatic heterocycles. The van der Waals surface area contributed by atoms with E-state index in [4.69, 9.17) is 10.5 Å². The van der Waals surface area contributed by atoms with Crippen molar-refractivity contribution in [2.75, 3.05) is 19.4 Å². The fourth-order valence-electron chi connectivity index (χ4n) is 4.71. The van der Waals surface area contributed by atoms with Gasteiger partial charge in [-0.25, -0.2) is 0 Å². The van der Waals surface area contributed by atoms with E-state index in [1.165, 1.54) is 47.9 Å². The summed E-state index contributed by atoms with van der Waals surface area (Å²) in [4.78, 5) is 0. The Morgan fingerprint density at radius 1 is 0.833 bits per heavy atom. The Morgan fingerprint density at radius 3 is 1.97 bits per heavy atom. The van der Waals surface area contributed by atoms with E-state index in [0.717, 1.165) is 17.4 Å². The molecule has 1 atom stereocenters. The fraction of sp³-hybridized carbons (Fsp3) is 0.333. The number of nitrogens with two attached hydrogens (primary N) is 1. The average molecular weight is 418 g/mol. The van der Waals surface area contributed by atoms with Crippen LogP contribution >= 0.6 is 11.8 Å². The Kier molecular flexibility index (Phi) is 6.81. The zero-order valence-electron chi connectivity index (χ0n) is 17.7. The SMILES string of the molecule is COc1ccc(C(SCCN)(c2ccccc2)c2ccc(C3CCCC3)cc2)cc1. The zero-order valence-corrected chi connectivity index (χ0v) is 18.5. The molecule has 0 aliphatic heterocycles. The van der Waals surface area contributed by atoms with Gasteiger partial charge in [-0.15, -0.1) is 11.8 Å². The Hall–Kier alpha value is -2.23. The molecule has 0 heterocycles. The monoisotopic (exact) mass is 417 g/mol. The van der Waals surface area contributed by atoms with Gasteiger partial charge in [0, 0.05) is 12.3 Å². The van der Waals surface area contributed by atoms with E-state index in [1.807, 2.05) is 11.8 Å². The van der Waals surface area contributed by atoms with E-state index < -0.39 is 0 Å². The molecular weight excluding hydrogens is 386 g/mol. The van der Waals surface area contributed by atoms with Gasteiger partial charge in [0.2, 0.25) is 0 Å². The van der Waals surface area contributed by atoms with Crippen LogP contribution in [0.25, 0.3) is 0 Å². The first-order chi connectivity index (χ1) is 14.8. The van der Waals surface area contributed by atoms with Gasteiger partial charge in [0.05, 0.1) is 11.9 Å². The molecule has 0 radical (unpaired) electrons. The number of hydrogen-bond donors (Lipinski definition) is 1. The third kappa shape index (κ3) is 4.14. The van der Waals surface area contributed by atoms with Gasteiger partial charge >= 0.3 is 0 Å². The van der Waals surface area contributed by atoms with Crippen LogP contribution in [0.1, 0.15) is 53.9 Å². The van der Waals surface area contributed by atoms with Crippen LogP contribution in [0.4, 0.5) is 0 Å². The lowest BCUT2D eigenvalue weighted by molar-refractivity contribution is 0.414. The highest BCUT2D eigenvalue weighted by atomic mass is 32.2. The Morgan fingerprint density at radius 2 is 1.40 bits per heavy atom. The average Bonchev–Trinajstić information content (AvgIpc) is 3.36. The lowest BCUT2D eigenvalue weighted by Crippen LogP contribution is -2.27. The minimum absolute atomic E-state index is 0.304. The van der Waals surface area contributed by atoms with E-state index in [1.54, 1.807) is 7.11 Å². The second-order valence-corrected chi connectivity index (χ2v) is 9.33. The van der Waals surface area contributed by atoms with Crippen molar-refractivity contribution < 1.29 is 4.74 Å². The summed E-state index contributed by atoms with van der Waals surface area (Å²) in [5.74, 6) is 2.48. The lowest BCUT2D eigenvalue weighted by Gasteiger charge is -2.35. The Balaban J connectivity index is 1.84. The van der Waals surface area contributed by atoms with E-state index in [-0.39, 0.29) is 4.75 Å². The molecule has 0 bridgehead atoms. The van der Waals surface area contributed by atoms with Gasteiger partial charge in [0.1, 0.15) is 5.75 Å². The van der Waals surface area contributed by atoms with E-state index >= 15 is 0 Å². The summed E-state index contributed by atoms with van der Waals surface area (Å²) in [6.07, 6.45) is 5.37. The highest BCUT2D eigenvalue weighted by Crippen LogP contribution is 2.49. The zero-order chi connectivity index (χ0) is 20.8. The van der Waals surface area contributed by atoms with E-state index in [0.29, 0.717) is 6.54 Å². The summed E-state index contributed by atoms with van der Waals surface area (Å²) in [6, 6.07) is 28.7. The van der Waals surface area contributed by atoms with Crippen molar-refractivity contribution in [3.8, 4) is 5.75 Å². The van der Waals surface area contributed by atoms with Crippen molar-refractivity contribution in [1.29, 1.82) is 0 Å². The molecule has 0 saturated heterocycles. The molecule has 2 N–H and O–H groups in total. The van der Waals surface area contributed by atoms with Crippen LogP contribution in [0.3, 0.4) is 0 Å². The first-order valence-corrected chi connectivity index (χ1v) is 11.9. The van der Waals surface area contributed by atoms with Crippen LogP contribution in [-0.2, 0) is 4.75 Å².